The molecule has 1 saturated heterocycles. The number of sulfone groups is 1. The van der Waals surface area contributed by atoms with Crippen LogP contribution in [0.5, 0.6) is 0 Å². The van der Waals surface area contributed by atoms with E-state index in [4.69, 9.17) is 4.74 Å². The smallest absolute Gasteiger partial charge is 0.182 e. The molecule has 0 bridgehead atoms. The lowest BCUT2D eigenvalue weighted by Gasteiger charge is -2.29. The molecule has 0 aromatic carbocycles. The minimum absolute atomic E-state index is 0.117. The van der Waals surface area contributed by atoms with Gasteiger partial charge in [0.15, 0.2) is 9.84 Å². The fourth-order valence-electron chi connectivity index (χ4n) is 2.01. The average molecular weight is 246 g/mol. The third kappa shape index (κ3) is 2.56. The van der Waals surface area contributed by atoms with Gasteiger partial charge in [-0.15, -0.1) is 0 Å². The zero-order valence-corrected chi connectivity index (χ0v) is 10.3. The summed E-state index contributed by atoms with van der Waals surface area (Å²) in [6.07, 6.45) is 0. The summed E-state index contributed by atoms with van der Waals surface area (Å²) in [4.78, 5) is 2.63. The van der Waals surface area contributed by atoms with Gasteiger partial charge in [-0.05, 0) is 6.92 Å². The Morgan fingerprint density at radius 1 is 1.38 bits per heavy atom. The lowest BCUT2D eigenvalue weighted by atomic mass is 10.3. The monoisotopic (exact) mass is 246 g/mol. The van der Waals surface area contributed by atoms with Crippen molar-refractivity contribution in [2.75, 3.05) is 45.1 Å². The fraction of sp³-hybridized carbons (Fsp3) is 0.800. The van der Waals surface area contributed by atoms with E-state index in [1.54, 1.807) is 6.92 Å². The molecule has 2 aliphatic heterocycles. The molecule has 0 saturated carbocycles. The summed E-state index contributed by atoms with van der Waals surface area (Å²) in [7, 11) is -3.08. The maximum atomic E-state index is 11.9. The van der Waals surface area contributed by atoms with Crippen LogP contribution in [0.3, 0.4) is 0 Å². The Morgan fingerprint density at radius 2 is 2.06 bits per heavy atom. The highest BCUT2D eigenvalue weighted by molar-refractivity contribution is 7.95. The highest BCUT2D eigenvalue weighted by Gasteiger charge is 2.28. The van der Waals surface area contributed by atoms with Gasteiger partial charge in [0.25, 0.3) is 0 Å². The highest BCUT2D eigenvalue weighted by Crippen LogP contribution is 2.20. The van der Waals surface area contributed by atoms with E-state index in [-0.39, 0.29) is 5.75 Å². The molecule has 2 aliphatic rings. The summed E-state index contributed by atoms with van der Waals surface area (Å²) in [6.45, 7) is 6.17. The second kappa shape index (κ2) is 4.73. The summed E-state index contributed by atoms with van der Waals surface area (Å²) in [5, 5.41) is 3.25. The number of hydrogen-bond acceptors (Lipinski definition) is 5. The van der Waals surface area contributed by atoms with Crippen molar-refractivity contribution in [1.82, 2.24) is 10.2 Å². The molecule has 0 radical (unpaired) electrons. The molecule has 0 aromatic rings. The maximum absolute atomic E-state index is 11.9. The van der Waals surface area contributed by atoms with Crippen molar-refractivity contribution in [2.45, 2.75) is 6.92 Å². The second-order valence-corrected chi connectivity index (χ2v) is 6.30. The Kier molecular flexibility index (Phi) is 3.51. The van der Waals surface area contributed by atoms with Crippen LogP contribution in [0.25, 0.3) is 0 Å². The number of nitrogens with zero attached hydrogens (tertiary/aromatic N) is 1. The molecule has 5 nitrogen and oxygen atoms in total. The third-order valence-electron chi connectivity index (χ3n) is 3.02. The highest BCUT2D eigenvalue weighted by atomic mass is 32.2. The quantitative estimate of drug-likeness (QED) is 0.716. The van der Waals surface area contributed by atoms with Crippen molar-refractivity contribution < 1.29 is 13.2 Å². The van der Waals surface area contributed by atoms with E-state index in [2.05, 4.69) is 10.2 Å². The van der Waals surface area contributed by atoms with Crippen molar-refractivity contribution in [3.63, 3.8) is 0 Å². The number of ether oxygens (including phenoxy) is 1. The number of allylic oxidation sites excluding steroid dienone is 1. The first-order valence-corrected chi connectivity index (χ1v) is 7.23. The summed E-state index contributed by atoms with van der Waals surface area (Å²) < 4.78 is 29.1. The molecule has 16 heavy (non-hydrogen) atoms. The summed E-state index contributed by atoms with van der Waals surface area (Å²) >= 11 is 0. The Labute approximate surface area is 96.4 Å². The van der Waals surface area contributed by atoms with Crippen LogP contribution in [0.4, 0.5) is 0 Å². The summed E-state index contributed by atoms with van der Waals surface area (Å²) in [5.41, 5.74) is 0. The van der Waals surface area contributed by atoms with Crippen LogP contribution in [0.2, 0.25) is 0 Å². The molecule has 0 aliphatic carbocycles. The van der Waals surface area contributed by atoms with Gasteiger partial charge in [0.2, 0.25) is 0 Å². The van der Waals surface area contributed by atoms with Crippen LogP contribution >= 0.6 is 0 Å². The molecule has 0 aromatic heterocycles. The van der Waals surface area contributed by atoms with Gasteiger partial charge in [-0.2, -0.15) is 0 Å². The van der Waals surface area contributed by atoms with E-state index in [1.165, 1.54) is 0 Å². The van der Waals surface area contributed by atoms with E-state index in [1.807, 2.05) is 0 Å². The summed E-state index contributed by atoms with van der Waals surface area (Å²) in [6, 6.07) is 0. The van der Waals surface area contributed by atoms with Gasteiger partial charge >= 0.3 is 0 Å². The van der Waals surface area contributed by atoms with Gasteiger partial charge in [0, 0.05) is 32.7 Å². The predicted octanol–water partition coefficient (Wildman–Crippen LogP) is -0.432. The number of hydrogen-bond donors (Lipinski definition) is 1. The van der Waals surface area contributed by atoms with E-state index >= 15 is 0 Å². The van der Waals surface area contributed by atoms with Crippen molar-refractivity contribution in [3.8, 4) is 0 Å². The molecule has 1 fully saturated rings. The van der Waals surface area contributed by atoms with Crippen molar-refractivity contribution >= 4 is 9.84 Å². The van der Waals surface area contributed by atoms with Crippen molar-refractivity contribution in [3.05, 3.63) is 10.7 Å². The van der Waals surface area contributed by atoms with Crippen LogP contribution < -0.4 is 5.32 Å². The van der Waals surface area contributed by atoms with Crippen LogP contribution in [0, 0.1) is 0 Å². The first-order chi connectivity index (χ1) is 7.59. The SMILES string of the molecule is CC1=C(CN2CCNCC2)S(=O)(=O)CCO1. The molecular weight excluding hydrogens is 228 g/mol. The minimum Gasteiger partial charge on any atom is -0.496 e. The zero-order chi connectivity index (χ0) is 11.6. The average Bonchev–Trinajstić information content (AvgIpc) is 2.25. The molecule has 0 atom stereocenters. The Bertz CT molecular complexity index is 383. The Hall–Kier alpha value is -0.590. The molecule has 0 spiro atoms. The Balaban J connectivity index is 2.11. The minimum atomic E-state index is -3.08. The van der Waals surface area contributed by atoms with E-state index in [0.717, 1.165) is 26.2 Å². The van der Waals surface area contributed by atoms with Crippen LogP contribution in [-0.4, -0.2) is 58.4 Å². The molecule has 2 rings (SSSR count). The van der Waals surface area contributed by atoms with Crippen molar-refractivity contribution in [1.29, 1.82) is 0 Å². The van der Waals surface area contributed by atoms with E-state index in [0.29, 0.717) is 23.8 Å². The van der Waals surface area contributed by atoms with E-state index in [9.17, 15) is 8.42 Å². The van der Waals surface area contributed by atoms with Gasteiger partial charge < -0.3 is 10.1 Å². The van der Waals surface area contributed by atoms with Crippen molar-refractivity contribution in [2.24, 2.45) is 0 Å². The largest absolute Gasteiger partial charge is 0.496 e. The third-order valence-corrected chi connectivity index (χ3v) is 4.89. The van der Waals surface area contributed by atoms with Crippen LogP contribution in [0.1, 0.15) is 6.92 Å². The van der Waals surface area contributed by atoms with Gasteiger partial charge in [-0.1, -0.05) is 0 Å². The topological polar surface area (TPSA) is 58.6 Å². The number of rotatable bonds is 2. The normalized spacial score (nSPS) is 26.6. The van der Waals surface area contributed by atoms with Crippen LogP contribution in [-0.2, 0) is 14.6 Å². The number of piperazine rings is 1. The molecular formula is C10H18N2O3S. The maximum Gasteiger partial charge on any atom is 0.182 e. The Morgan fingerprint density at radius 3 is 2.69 bits per heavy atom. The zero-order valence-electron chi connectivity index (χ0n) is 9.53. The molecule has 92 valence electrons. The fourth-order valence-corrected chi connectivity index (χ4v) is 3.43. The molecule has 0 amide bonds. The molecule has 2 heterocycles. The number of nitrogens with one attached hydrogen (secondary N) is 1. The second-order valence-electron chi connectivity index (χ2n) is 4.17. The van der Waals surface area contributed by atoms with Gasteiger partial charge in [0.05, 0.1) is 10.7 Å². The van der Waals surface area contributed by atoms with Gasteiger partial charge in [0.1, 0.15) is 12.4 Å². The lowest BCUT2D eigenvalue weighted by molar-refractivity contribution is 0.214. The molecule has 0 unspecified atom stereocenters. The van der Waals surface area contributed by atoms with Gasteiger partial charge in [-0.25, -0.2) is 8.42 Å². The van der Waals surface area contributed by atoms with Crippen LogP contribution in [0.15, 0.2) is 10.7 Å². The first kappa shape index (κ1) is 11.9. The standard InChI is InChI=1S/C10H18N2O3S/c1-9-10(16(13,14)7-6-15-9)8-12-4-2-11-3-5-12/h11H,2-8H2,1H3. The molecule has 6 heteroatoms. The van der Waals surface area contributed by atoms with Gasteiger partial charge in [-0.3, -0.25) is 4.90 Å². The van der Waals surface area contributed by atoms with E-state index < -0.39 is 9.84 Å². The lowest BCUT2D eigenvalue weighted by Crippen LogP contribution is -2.45. The predicted molar refractivity (Wildman–Crippen MR) is 61.7 cm³/mol. The molecule has 1 N–H and O–H groups in total. The first-order valence-electron chi connectivity index (χ1n) is 5.58. The summed E-state index contributed by atoms with van der Waals surface area (Å²) in [5.74, 6) is 0.691.